The molecule has 1 rings (SSSR count). The number of benzene rings is 1. The summed E-state index contributed by atoms with van der Waals surface area (Å²) < 4.78 is 0. The van der Waals surface area contributed by atoms with Crippen molar-refractivity contribution in [3.05, 3.63) is 35.4 Å². The summed E-state index contributed by atoms with van der Waals surface area (Å²) in [5, 5.41) is 15.1. The first-order valence-electron chi connectivity index (χ1n) is 8.64. The van der Waals surface area contributed by atoms with Gasteiger partial charge in [-0.15, -0.1) is 0 Å². The van der Waals surface area contributed by atoms with E-state index in [2.05, 4.69) is 10.6 Å². The van der Waals surface area contributed by atoms with Gasteiger partial charge in [0.05, 0.1) is 6.10 Å². The number of hydrogen-bond acceptors (Lipinski definition) is 4. The lowest BCUT2D eigenvalue weighted by Crippen LogP contribution is -2.50. The molecule has 0 aliphatic rings. The Morgan fingerprint density at radius 3 is 2.32 bits per heavy atom. The van der Waals surface area contributed by atoms with E-state index in [9.17, 15) is 19.5 Å². The van der Waals surface area contributed by atoms with Gasteiger partial charge >= 0.3 is 0 Å². The molecule has 0 saturated heterocycles. The zero-order valence-electron chi connectivity index (χ0n) is 15.3. The number of carbonyl (C=O) groups is 3. The van der Waals surface area contributed by atoms with Crippen LogP contribution in [0.25, 0.3) is 0 Å². The van der Waals surface area contributed by atoms with Gasteiger partial charge in [-0.1, -0.05) is 25.5 Å². The molecule has 2 amide bonds. The number of ketones is 1. The number of hydrogen-bond donors (Lipinski definition) is 3. The molecule has 1 aromatic rings. The average Bonchev–Trinajstić information content (AvgIpc) is 2.53. The first kappa shape index (κ1) is 20.8. The van der Waals surface area contributed by atoms with Crippen LogP contribution in [0.2, 0.25) is 0 Å². The van der Waals surface area contributed by atoms with E-state index in [1.807, 2.05) is 13.8 Å². The van der Waals surface area contributed by atoms with Crippen molar-refractivity contribution in [2.24, 2.45) is 0 Å². The highest BCUT2D eigenvalue weighted by atomic mass is 16.3. The molecule has 3 atom stereocenters. The molecule has 138 valence electrons. The summed E-state index contributed by atoms with van der Waals surface area (Å²) in [6.07, 6.45) is 1.15. The maximum Gasteiger partial charge on any atom is 0.251 e. The van der Waals surface area contributed by atoms with Gasteiger partial charge in [0, 0.05) is 23.6 Å². The Kier molecular flexibility index (Phi) is 8.28. The molecule has 0 saturated carbocycles. The molecule has 0 bridgehead atoms. The fraction of sp³-hybridized carbons (Fsp3) is 0.526. The lowest BCUT2D eigenvalue weighted by molar-refractivity contribution is -0.124. The number of nitrogens with one attached hydrogen (secondary N) is 2. The summed E-state index contributed by atoms with van der Waals surface area (Å²) in [7, 11) is 0. The third kappa shape index (κ3) is 7.05. The molecular formula is C19H28N2O4. The minimum atomic E-state index is -0.840. The van der Waals surface area contributed by atoms with E-state index < -0.39 is 18.1 Å². The quantitative estimate of drug-likeness (QED) is 0.595. The third-order valence-electron chi connectivity index (χ3n) is 3.84. The van der Waals surface area contributed by atoms with E-state index >= 15 is 0 Å². The van der Waals surface area contributed by atoms with E-state index in [1.165, 1.54) is 13.0 Å². The maximum absolute atomic E-state index is 12.4. The molecule has 0 aliphatic carbocycles. The minimum Gasteiger partial charge on any atom is -0.393 e. The van der Waals surface area contributed by atoms with E-state index in [4.69, 9.17) is 0 Å². The van der Waals surface area contributed by atoms with Crippen LogP contribution in [0.15, 0.2) is 24.3 Å². The summed E-state index contributed by atoms with van der Waals surface area (Å²) in [5.41, 5.74) is 0.735. The molecule has 0 radical (unpaired) electrons. The number of aliphatic hydroxyl groups excluding tert-OH is 1. The lowest BCUT2D eigenvalue weighted by Gasteiger charge is -2.22. The topological polar surface area (TPSA) is 95.5 Å². The number of amides is 2. The predicted molar refractivity (Wildman–Crippen MR) is 96.5 cm³/mol. The second-order valence-corrected chi connectivity index (χ2v) is 6.45. The molecule has 3 unspecified atom stereocenters. The monoisotopic (exact) mass is 348 g/mol. The molecular weight excluding hydrogens is 320 g/mol. The van der Waals surface area contributed by atoms with Crippen molar-refractivity contribution >= 4 is 17.6 Å². The van der Waals surface area contributed by atoms with Crippen molar-refractivity contribution in [2.75, 3.05) is 0 Å². The Balaban J connectivity index is 2.86. The molecule has 1 aromatic carbocycles. The predicted octanol–water partition coefficient (Wildman–Crippen LogP) is 2.06. The molecule has 0 fully saturated rings. The Hall–Kier alpha value is -2.21. The number of rotatable bonds is 9. The van der Waals surface area contributed by atoms with E-state index in [1.54, 1.807) is 25.1 Å². The third-order valence-corrected chi connectivity index (χ3v) is 3.84. The smallest absolute Gasteiger partial charge is 0.251 e. The molecule has 0 spiro atoms. The number of carbonyl (C=O) groups excluding carboxylic acids is 3. The van der Waals surface area contributed by atoms with Gasteiger partial charge in [0.2, 0.25) is 5.91 Å². The van der Waals surface area contributed by atoms with Gasteiger partial charge in [0.25, 0.3) is 5.91 Å². The summed E-state index contributed by atoms with van der Waals surface area (Å²) in [4.78, 5) is 36.3. The fourth-order valence-electron chi connectivity index (χ4n) is 2.54. The molecule has 3 N–H and O–H groups in total. The van der Waals surface area contributed by atoms with Crippen LogP contribution in [0, 0.1) is 0 Å². The Morgan fingerprint density at radius 2 is 1.76 bits per heavy atom. The molecule has 0 aliphatic heterocycles. The van der Waals surface area contributed by atoms with Crippen LogP contribution < -0.4 is 10.6 Å². The highest BCUT2D eigenvalue weighted by Gasteiger charge is 2.24. The van der Waals surface area contributed by atoms with Crippen molar-refractivity contribution < 1.29 is 19.5 Å². The van der Waals surface area contributed by atoms with Crippen LogP contribution in [0.5, 0.6) is 0 Å². The SMILES string of the molecule is CCCC(C)NC(=O)C(CC(C)O)NC(=O)c1cccc(C(C)=O)c1. The van der Waals surface area contributed by atoms with Crippen molar-refractivity contribution in [2.45, 2.75) is 65.1 Å². The van der Waals surface area contributed by atoms with Gasteiger partial charge in [-0.05, 0) is 39.3 Å². The fourth-order valence-corrected chi connectivity index (χ4v) is 2.54. The van der Waals surface area contributed by atoms with Gasteiger partial charge in [0.15, 0.2) is 5.78 Å². The molecule has 25 heavy (non-hydrogen) atoms. The van der Waals surface area contributed by atoms with E-state index in [0.29, 0.717) is 11.1 Å². The normalized spacial score (nSPS) is 14.3. The minimum absolute atomic E-state index is 0.00746. The number of Topliss-reactive ketones (excluding diaryl/α,β-unsaturated/α-hetero) is 1. The first-order chi connectivity index (χ1) is 11.7. The number of aliphatic hydroxyl groups is 1. The average molecular weight is 348 g/mol. The summed E-state index contributed by atoms with van der Waals surface area (Å²) in [6.45, 7) is 6.92. The van der Waals surface area contributed by atoms with Crippen molar-refractivity contribution in [3.63, 3.8) is 0 Å². The van der Waals surface area contributed by atoms with Gasteiger partial charge in [0.1, 0.15) is 6.04 Å². The highest BCUT2D eigenvalue weighted by molar-refractivity contribution is 6.01. The van der Waals surface area contributed by atoms with Crippen molar-refractivity contribution in [1.29, 1.82) is 0 Å². The van der Waals surface area contributed by atoms with Gasteiger partial charge in [-0.2, -0.15) is 0 Å². The zero-order valence-corrected chi connectivity index (χ0v) is 15.3. The Bertz CT molecular complexity index is 613. The molecule has 0 aromatic heterocycles. The zero-order chi connectivity index (χ0) is 19.0. The van der Waals surface area contributed by atoms with Gasteiger partial charge < -0.3 is 15.7 Å². The van der Waals surface area contributed by atoms with Crippen LogP contribution in [0.4, 0.5) is 0 Å². The van der Waals surface area contributed by atoms with Crippen LogP contribution in [0.3, 0.4) is 0 Å². The van der Waals surface area contributed by atoms with Crippen LogP contribution in [-0.2, 0) is 4.79 Å². The first-order valence-corrected chi connectivity index (χ1v) is 8.64. The summed E-state index contributed by atoms with van der Waals surface area (Å²) >= 11 is 0. The Labute approximate surface area is 149 Å². The summed E-state index contributed by atoms with van der Waals surface area (Å²) in [5.74, 6) is -0.911. The maximum atomic E-state index is 12.4. The van der Waals surface area contributed by atoms with Gasteiger partial charge in [-0.25, -0.2) is 0 Å². The van der Waals surface area contributed by atoms with Crippen molar-refractivity contribution in [1.82, 2.24) is 10.6 Å². The second-order valence-electron chi connectivity index (χ2n) is 6.45. The van der Waals surface area contributed by atoms with Crippen molar-refractivity contribution in [3.8, 4) is 0 Å². The van der Waals surface area contributed by atoms with Crippen LogP contribution in [0.1, 0.15) is 67.7 Å². The van der Waals surface area contributed by atoms with E-state index in [-0.39, 0.29) is 24.2 Å². The van der Waals surface area contributed by atoms with E-state index in [0.717, 1.165) is 12.8 Å². The highest BCUT2D eigenvalue weighted by Crippen LogP contribution is 2.08. The molecule has 0 heterocycles. The summed E-state index contributed by atoms with van der Waals surface area (Å²) in [6, 6.07) is 5.48. The Morgan fingerprint density at radius 1 is 1.12 bits per heavy atom. The lowest BCUT2D eigenvalue weighted by atomic mass is 10.1. The largest absolute Gasteiger partial charge is 0.393 e. The van der Waals surface area contributed by atoms with Gasteiger partial charge in [-0.3, -0.25) is 14.4 Å². The van der Waals surface area contributed by atoms with Crippen LogP contribution in [-0.4, -0.2) is 40.9 Å². The standard InChI is InChI=1S/C19H28N2O4/c1-5-7-12(2)20-19(25)17(10-13(3)22)21-18(24)16-9-6-8-15(11-16)14(4)23/h6,8-9,11-13,17,22H,5,7,10H2,1-4H3,(H,20,25)(H,21,24). The van der Waals surface area contributed by atoms with Crippen LogP contribution >= 0.6 is 0 Å². The molecule has 6 heteroatoms. The second kappa shape index (κ2) is 9.93. The molecule has 6 nitrogen and oxygen atoms in total.